The van der Waals surface area contributed by atoms with E-state index in [-0.39, 0.29) is 50.4 Å². The third-order valence-electron chi connectivity index (χ3n) is 4.52. The molecule has 1 fully saturated rings. The van der Waals surface area contributed by atoms with E-state index in [1.165, 1.54) is 33.3 Å². The maximum atomic E-state index is 13.0. The molecule has 0 spiro atoms. The Labute approximate surface area is 177 Å². The van der Waals surface area contributed by atoms with E-state index in [2.05, 4.69) is 11.9 Å². The first-order chi connectivity index (χ1) is 14.5. The van der Waals surface area contributed by atoms with Crippen LogP contribution in [0, 0.1) is 5.82 Å². The van der Waals surface area contributed by atoms with Gasteiger partial charge in [0.1, 0.15) is 18.5 Å². The summed E-state index contributed by atoms with van der Waals surface area (Å²) in [5.41, 5.74) is 0.715. The number of carbonyl (C=O) groups is 3. The predicted molar refractivity (Wildman–Crippen MR) is 111 cm³/mol. The van der Waals surface area contributed by atoms with Crippen molar-refractivity contribution in [3.05, 3.63) is 70.7 Å². The molecule has 7 nitrogen and oxygen atoms in total. The molecule has 1 atom stereocenters. The lowest BCUT2D eigenvalue weighted by Gasteiger charge is -2.24. The summed E-state index contributed by atoms with van der Waals surface area (Å²) < 4.78 is 18.5. The maximum Gasteiger partial charge on any atom is 0.407 e. The monoisotopic (exact) mass is 431 g/mol. The highest BCUT2D eigenvalue weighted by Gasteiger charge is 2.32. The number of nitrogens with zero attached hydrogens (tertiary/aromatic N) is 2. The van der Waals surface area contributed by atoms with E-state index in [0.717, 1.165) is 0 Å². The summed E-state index contributed by atoms with van der Waals surface area (Å²) in [4.78, 5) is 41.0. The highest BCUT2D eigenvalue weighted by Crippen LogP contribution is 2.16. The summed E-state index contributed by atoms with van der Waals surface area (Å²) in [6.45, 7) is 4.26. The van der Waals surface area contributed by atoms with Gasteiger partial charge in [0.2, 0.25) is 5.91 Å². The first kappa shape index (κ1) is 21.5. The Bertz CT molecular complexity index is 901. The van der Waals surface area contributed by atoms with Crippen molar-refractivity contribution in [3.63, 3.8) is 0 Å². The van der Waals surface area contributed by atoms with Crippen molar-refractivity contribution in [3.8, 4) is 0 Å². The van der Waals surface area contributed by atoms with Crippen molar-refractivity contribution >= 4 is 29.2 Å². The molecule has 0 radical (unpaired) electrons. The zero-order valence-corrected chi connectivity index (χ0v) is 17.1. The van der Waals surface area contributed by atoms with Crippen LogP contribution in [0.1, 0.15) is 15.2 Å². The van der Waals surface area contributed by atoms with Crippen molar-refractivity contribution in [2.45, 2.75) is 12.6 Å². The summed E-state index contributed by atoms with van der Waals surface area (Å²) in [5, 5.41) is 4.39. The van der Waals surface area contributed by atoms with Crippen molar-refractivity contribution < 1.29 is 23.5 Å². The second kappa shape index (κ2) is 10.0. The molecule has 0 saturated carbocycles. The molecule has 0 aliphatic carbocycles. The molecule has 9 heteroatoms. The normalized spacial score (nSPS) is 16.7. The topological polar surface area (TPSA) is 79.0 Å². The fourth-order valence-corrected chi connectivity index (χ4v) is 3.76. The van der Waals surface area contributed by atoms with E-state index in [1.807, 2.05) is 0 Å². The Morgan fingerprint density at radius 1 is 1.27 bits per heavy atom. The Balaban J connectivity index is 1.66. The summed E-state index contributed by atoms with van der Waals surface area (Å²) in [7, 11) is 0. The van der Waals surface area contributed by atoms with Gasteiger partial charge in [-0.1, -0.05) is 24.3 Å². The number of amides is 3. The summed E-state index contributed by atoms with van der Waals surface area (Å²) >= 11 is 1.29. The van der Waals surface area contributed by atoms with Crippen LogP contribution in [0.5, 0.6) is 0 Å². The number of benzene rings is 1. The smallest absolute Gasteiger partial charge is 0.407 e. The Morgan fingerprint density at radius 3 is 2.70 bits per heavy atom. The van der Waals surface area contributed by atoms with Gasteiger partial charge >= 0.3 is 6.09 Å². The number of alkyl carbamates (subject to hydrolysis) is 1. The quantitative estimate of drug-likeness (QED) is 0.714. The number of rotatable bonds is 6. The van der Waals surface area contributed by atoms with Gasteiger partial charge in [0.05, 0.1) is 18.0 Å². The van der Waals surface area contributed by atoms with Gasteiger partial charge in [0.15, 0.2) is 0 Å². The van der Waals surface area contributed by atoms with Gasteiger partial charge in [-0.3, -0.25) is 9.59 Å². The third kappa shape index (κ3) is 5.66. The zero-order valence-electron chi connectivity index (χ0n) is 16.3. The van der Waals surface area contributed by atoms with Crippen molar-refractivity contribution in [1.82, 2.24) is 15.1 Å². The standard InChI is InChI=1S/C21H22FN3O4S/c1-2-9-24-12-17(29-21(28)23-11-15-5-7-16(22)8-6-15)13-25(14-19(24)26)20(27)18-4-3-10-30-18/h2-8,10,17H,1,9,11-14H2,(H,23,28). The Hall–Kier alpha value is -3.20. The fraction of sp³-hybridized carbons (Fsp3) is 0.286. The van der Waals surface area contributed by atoms with E-state index in [0.29, 0.717) is 10.4 Å². The van der Waals surface area contributed by atoms with Crippen molar-refractivity contribution in [1.29, 1.82) is 0 Å². The number of halogens is 1. The molecule has 1 saturated heterocycles. The van der Waals surface area contributed by atoms with Crippen molar-refractivity contribution in [2.75, 3.05) is 26.2 Å². The lowest BCUT2D eigenvalue weighted by molar-refractivity contribution is -0.130. The number of hydrogen-bond acceptors (Lipinski definition) is 5. The summed E-state index contributed by atoms with van der Waals surface area (Å²) in [5.74, 6) is -0.876. The van der Waals surface area contributed by atoms with E-state index in [1.54, 1.807) is 35.7 Å². The van der Waals surface area contributed by atoms with Gasteiger partial charge in [0.25, 0.3) is 5.91 Å². The highest BCUT2D eigenvalue weighted by atomic mass is 32.1. The highest BCUT2D eigenvalue weighted by molar-refractivity contribution is 7.12. The van der Waals surface area contributed by atoms with E-state index in [4.69, 9.17) is 4.74 Å². The maximum absolute atomic E-state index is 13.0. The molecule has 30 heavy (non-hydrogen) atoms. The van der Waals surface area contributed by atoms with Gasteiger partial charge < -0.3 is 19.9 Å². The molecule has 1 N–H and O–H groups in total. The first-order valence-corrected chi connectivity index (χ1v) is 10.2. The first-order valence-electron chi connectivity index (χ1n) is 9.36. The van der Waals surface area contributed by atoms with Crippen molar-refractivity contribution in [2.24, 2.45) is 0 Å². The molecular formula is C21H22FN3O4S. The number of hydrogen-bond donors (Lipinski definition) is 1. The van der Waals surface area contributed by atoms with Crippen LogP contribution in [0.15, 0.2) is 54.4 Å². The van der Waals surface area contributed by atoms with Gasteiger partial charge in [-0.15, -0.1) is 17.9 Å². The van der Waals surface area contributed by atoms with Crippen LogP contribution >= 0.6 is 11.3 Å². The minimum Gasteiger partial charge on any atom is -0.442 e. The summed E-state index contributed by atoms with van der Waals surface area (Å²) in [6.07, 6.45) is 0.203. The second-order valence-corrected chi connectivity index (χ2v) is 7.71. The van der Waals surface area contributed by atoms with Crippen LogP contribution in [0.25, 0.3) is 0 Å². The van der Waals surface area contributed by atoms with Gasteiger partial charge in [-0.05, 0) is 29.1 Å². The zero-order chi connectivity index (χ0) is 21.5. The van der Waals surface area contributed by atoms with Gasteiger partial charge in [-0.2, -0.15) is 0 Å². The molecule has 2 aromatic rings. The van der Waals surface area contributed by atoms with Gasteiger partial charge in [0, 0.05) is 13.1 Å². The van der Waals surface area contributed by atoms with E-state index >= 15 is 0 Å². The number of carbonyl (C=O) groups excluding carboxylic acids is 3. The molecule has 2 heterocycles. The van der Waals surface area contributed by atoms with E-state index < -0.39 is 12.2 Å². The Kier molecular flexibility index (Phi) is 7.18. The van der Waals surface area contributed by atoms with Crippen LogP contribution in [-0.4, -0.2) is 60.0 Å². The molecule has 1 aromatic carbocycles. The lowest BCUT2D eigenvalue weighted by atomic mass is 10.2. The van der Waals surface area contributed by atoms with Crippen LogP contribution < -0.4 is 5.32 Å². The molecular weight excluding hydrogens is 409 g/mol. The minimum absolute atomic E-state index is 0.0956. The number of ether oxygens (including phenoxy) is 1. The SMILES string of the molecule is C=CCN1CC(OC(=O)NCc2ccc(F)cc2)CN(C(=O)c2cccs2)CC1=O. The van der Waals surface area contributed by atoms with Gasteiger partial charge in [-0.25, -0.2) is 9.18 Å². The summed E-state index contributed by atoms with van der Waals surface area (Å²) in [6, 6.07) is 9.19. The van der Waals surface area contributed by atoms with E-state index in [9.17, 15) is 18.8 Å². The molecule has 1 aliphatic heterocycles. The number of thiophene rings is 1. The fourth-order valence-electron chi connectivity index (χ4n) is 3.07. The molecule has 1 aromatic heterocycles. The van der Waals surface area contributed by atoms with Crippen LogP contribution in [0.3, 0.4) is 0 Å². The van der Waals surface area contributed by atoms with Crippen LogP contribution in [-0.2, 0) is 16.1 Å². The average Bonchev–Trinajstić information content (AvgIpc) is 3.21. The predicted octanol–water partition coefficient (Wildman–Crippen LogP) is 2.65. The molecule has 158 valence electrons. The number of nitrogens with one attached hydrogen (secondary N) is 1. The average molecular weight is 431 g/mol. The second-order valence-electron chi connectivity index (χ2n) is 6.76. The molecule has 1 aliphatic rings. The largest absolute Gasteiger partial charge is 0.442 e. The van der Waals surface area contributed by atoms with Crippen LogP contribution in [0.2, 0.25) is 0 Å². The molecule has 0 bridgehead atoms. The molecule has 3 amide bonds. The molecule has 1 unspecified atom stereocenters. The van der Waals surface area contributed by atoms with Crippen LogP contribution in [0.4, 0.5) is 9.18 Å². The Morgan fingerprint density at radius 2 is 2.03 bits per heavy atom. The minimum atomic E-state index is -0.700. The molecule has 3 rings (SSSR count). The third-order valence-corrected chi connectivity index (χ3v) is 5.38. The lowest BCUT2D eigenvalue weighted by Crippen LogP contribution is -2.41.